The molecule has 10 nitrogen and oxygen atoms in total. The van der Waals surface area contributed by atoms with Gasteiger partial charge in [0.2, 0.25) is 0 Å². The molecule has 2 aromatic rings. The molecule has 0 fully saturated rings. The summed E-state index contributed by atoms with van der Waals surface area (Å²) in [6.07, 6.45) is 0. The van der Waals surface area contributed by atoms with Crippen molar-refractivity contribution in [1.82, 2.24) is 0 Å². The summed E-state index contributed by atoms with van der Waals surface area (Å²) in [5.41, 5.74) is -1.41. The second kappa shape index (κ2) is 6.52. The molecular formula is C14H8N3O7-. The molecule has 0 bridgehead atoms. The molecule has 0 atom stereocenters. The van der Waals surface area contributed by atoms with Gasteiger partial charge in [0.25, 0.3) is 17.3 Å². The summed E-state index contributed by atoms with van der Waals surface area (Å²) in [5.74, 6) is -2.33. The average Bonchev–Trinajstić information content (AvgIpc) is 2.54. The molecule has 0 aliphatic heterocycles. The van der Waals surface area contributed by atoms with Crippen LogP contribution in [0, 0.1) is 20.2 Å². The van der Waals surface area contributed by atoms with Gasteiger partial charge in [-0.1, -0.05) is 6.07 Å². The van der Waals surface area contributed by atoms with E-state index in [1.807, 2.05) is 0 Å². The summed E-state index contributed by atoms with van der Waals surface area (Å²) in [6.45, 7) is 0. The molecule has 0 aliphatic rings. The third-order valence-electron chi connectivity index (χ3n) is 3.02. The van der Waals surface area contributed by atoms with E-state index in [9.17, 15) is 34.9 Å². The Morgan fingerprint density at radius 1 is 0.875 bits per heavy atom. The summed E-state index contributed by atoms with van der Waals surface area (Å²) in [6, 6.07) is 7.48. The molecule has 2 aromatic carbocycles. The normalized spacial score (nSPS) is 10.0. The number of carboxylic acid groups (broad SMARTS) is 1. The van der Waals surface area contributed by atoms with Gasteiger partial charge < -0.3 is 15.2 Å². The number of aromatic carboxylic acids is 1. The number of hydrogen-bond donors (Lipinski definition) is 1. The fourth-order valence-corrected chi connectivity index (χ4v) is 1.84. The van der Waals surface area contributed by atoms with E-state index >= 15 is 0 Å². The third kappa shape index (κ3) is 3.50. The number of nitrogens with one attached hydrogen (secondary N) is 1. The number of carbonyl (C=O) groups is 2. The Bertz CT molecular complexity index is 846. The largest absolute Gasteiger partial charge is 0.545 e. The van der Waals surface area contributed by atoms with Gasteiger partial charge in [-0.15, -0.1) is 0 Å². The average molecular weight is 330 g/mol. The molecule has 0 aliphatic carbocycles. The van der Waals surface area contributed by atoms with Gasteiger partial charge in [-0.25, -0.2) is 0 Å². The Kier molecular flexibility index (Phi) is 4.50. The lowest BCUT2D eigenvalue weighted by molar-refractivity contribution is -0.384. The van der Waals surface area contributed by atoms with Gasteiger partial charge >= 0.3 is 0 Å². The molecule has 1 N–H and O–H groups in total. The molecule has 0 heterocycles. The van der Waals surface area contributed by atoms with Crippen molar-refractivity contribution in [2.24, 2.45) is 0 Å². The van der Waals surface area contributed by atoms with Crippen molar-refractivity contribution >= 4 is 28.9 Å². The van der Waals surface area contributed by atoms with Crippen molar-refractivity contribution in [3.8, 4) is 0 Å². The van der Waals surface area contributed by atoms with Crippen LogP contribution in [0.4, 0.5) is 17.1 Å². The quantitative estimate of drug-likeness (QED) is 0.635. The number of non-ortho nitro benzene ring substituents is 1. The van der Waals surface area contributed by atoms with Gasteiger partial charge in [-0.05, 0) is 18.2 Å². The highest BCUT2D eigenvalue weighted by Gasteiger charge is 2.18. The number of nitro benzene ring substituents is 2. The van der Waals surface area contributed by atoms with Crippen molar-refractivity contribution in [2.75, 3.05) is 5.32 Å². The molecule has 0 spiro atoms. The molecule has 0 saturated carbocycles. The SMILES string of the molecule is O=C([O-])c1ccc(NC(=O)c2ccc([N+](=O)[O-])cc2)c([N+](=O)[O-])c1. The van der Waals surface area contributed by atoms with Crippen LogP contribution in [0.15, 0.2) is 42.5 Å². The van der Waals surface area contributed by atoms with Crippen molar-refractivity contribution < 1.29 is 24.5 Å². The Morgan fingerprint density at radius 2 is 1.46 bits per heavy atom. The van der Waals surface area contributed by atoms with Crippen LogP contribution >= 0.6 is 0 Å². The first kappa shape index (κ1) is 16.5. The summed E-state index contributed by atoms with van der Waals surface area (Å²) in [4.78, 5) is 42.9. The number of anilines is 1. The lowest BCUT2D eigenvalue weighted by atomic mass is 10.1. The van der Waals surface area contributed by atoms with E-state index in [1.54, 1.807) is 0 Å². The maximum Gasteiger partial charge on any atom is 0.293 e. The van der Waals surface area contributed by atoms with Crippen LogP contribution in [0.5, 0.6) is 0 Å². The lowest BCUT2D eigenvalue weighted by Crippen LogP contribution is -2.22. The highest BCUT2D eigenvalue weighted by Crippen LogP contribution is 2.26. The van der Waals surface area contributed by atoms with Crippen molar-refractivity contribution in [2.45, 2.75) is 0 Å². The standard InChI is InChI=1S/C14H9N3O7/c18-13(8-1-4-10(5-2-8)16(21)22)15-11-6-3-9(14(19)20)7-12(11)17(23)24/h1-7H,(H,15,18)(H,19,20)/p-1. The molecule has 0 unspecified atom stereocenters. The second-order valence-electron chi connectivity index (χ2n) is 4.53. The van der Waals surface area contributed by atoms with Crippen molar-refractivity contribution in [3.63, 3.8) is 0 Å². The molecule has 0 saturated heterocycles. The number of carbonyl (C=O) groups excluding carboxylic acids is 2. The molecular weight excluding hydrogens is 322 g/mol. The minimum absolute atomic E-state index is 0.0406. The Labute approximate surface area is 133 Å². The van der Waals surface area contributed by atoms with E-state index in [0.717, 1.165) is 30.3 Å². The van der Waals surface area contributed by atoms with Crippen LogP contribution in [0.3, 0.4) is 0 Å². The third-order valence-corrected chi connectivity index (χ3v) is 3.02. The fourth-order valence-electron chi connectivity index (χ4n) is 1.84. The summed E-state index contributed by atoms with van der Waals surface area (Å²) < 4.78 is 0. The maximum absolute atomic E-state index is 12.1. The molecule has 1 amide bonds. The van der Waals surface area contributed by atoms with Gasteiger partial charge in [0, 0.05) is 29.3 Å². The van der Waals surface area contributed by atoms with Crippen LogP contribution in [-0.2, 0) is 0 Å². The molecule has 122 valence electrons. The Morgan fingerprint density at radius 3 is 1.96 bits per heavy atom. The zero-order valence-electron chi connectivity index (χ0n) is 11.8. The van der Waals surface area contributed by atoms with E-state index in [0.29, 0.717) is 0 Å². The van der Waals surface area contributed by atoms with Gasteiger partial charge in [-0.3, -0.25) is 25.0 Å². The van der Waals surface area contributed by atoms with E-state index < -0.39 is 33.0 Å². The van der Waals surface area contributed by atoms with Crippen LogP contribution in [0.1, 0.15) is 20.7 Å². The first-order valence-electron chi connectivity index (χ1n) is 6.35. The van der Waals surface area contributed by atoms with Crippen molar-refractivity contribution in [1.29, 1.82) is 0 Å². The first-order chi connectivity index (χ1) is 11.3. The molecule has 24 heavy (non-hydrogen) atoms. The number of benzene rings is 2. The molecule has 0 aromatic heterocycles. The number of rotatable bonds is 5. The number of nitro groups is 2. The molecule has 0 radical (unpaired) electrons. The minimum Gasteiger partial charge on any atom is -0.545 e. The zero-order chi connectivity index (χ0) is 17.9. The molecule has 2 rings (SSSR count). The highest BCUT2D eigenvalue weighted by atomic mass is 16.6. The number of hydrogen-bond acceptors (Lipinski definition) is 7. The Balaban J connectivity index is 2.29. The number of amides is 1. The van der Waals surface area contributed by atoms with Gasteiger partial charge in [0.05, 0.1) is 15.8 Å². The smallest absolute Gasteiger partial charge is 0.293 e. The highest BCUT2D eigenvalue weighted by molar-refractivity contribution is 6.05. The zero-order valence-corrected chi connectivity index (χ0v) is 11.8. The summed E-state index contributed by atoms with van der Waals surface area (Å²) in [7, 11) is 0. The van der Waals surface area contributed by atoms with E-state index in [1.165, 1.54) is 12.1 Å². The first-order valence-corrected chi connectivity index (χ1v) is 6.35. The monoisotopic (exact) mass is 330 g/mol. The van der Waals surface area contributed by atoms with Crippen LogP contribution in [0.2, 0.25) is 0 Å². The fraction of sp³-hybridized carbons (Fsp3) is 0. The van der Waals surface area contributed by atoms with Gasteiger partial charge in [0.15, 0.2) is 0 Å². The maximum atomic E-state index is 12.1. The minimum atomic E-state index is -1.59. The topological polar surface area (TPSA) is 156 Å². The number of nitrogens with zero attached hydrogens (tertiary/aromatic N) is 2. The van der Waals surface area contributed by atoms with E-state index in [2.05, 4.69) is 5.32 Å². The van der Waals surface area contributed by atoms with E-state index in [-0.39, 0.29) is 16.9 Å². The second-order valence-corrected chi connectivity index (χ2v) is 4.53. The van der Waals surface area contributed by atoms with Crippen LogP contribution in [-0.4, -0.2) is 21.7 Å². The predicted octanol–water partition coefficient (Wildman–Crippen LogP) is 1.12. The van der Waals surface area contributed by atoms with Crippen molar-refractivity contribution in [3.05, 3.63) is 73.8 Å². The van der Waals surface area contributed by atoms with Gasteiger partial charge in [-0.2, -0.15) is 0 Å². The Hall–Kier alpha value is -3.82. The molecule has 10 heteroatoms. The van der Waals surface area contributed by atoms with Gasteiger partial charge in [0.1, 0.15) is 5.69 Å². The number of carboxylic acids is 1. The van der Waals surface area contributed by atoms with E-state index in [4.69, 9.17) is 0 Å². The predicted molar refractivity (Wildman–Crippen MR) is 78.5 cm³/mol. The summed E-state index contributed by atoms with van der Waals surface area (Å²) in [5, 5.41) is 34.6. The summed E-state index contributed by atoms with van der Waals surface area (Å²) >= 11 is 0. The van der Waals surface area contributed by atoms with Crippen LogP contribution in [0.25, 0.3) is 0 Å². The lowest BCUT2D eigenvalue weighted by Gasteiger charge is -2.08. The van der Waals surface area contributed by atoms with Crippen LogP contribution < -0.4 is 10.4 Å².